The second-order valence-electron chi connectivity index (χ2n) is 0.867. The second kappa shape index (κ2) is 3.24. The van der Waals surface area contributed by atoms with Gasteiger partial charge in [-0.25, -0.2) is 4.79 Å². The fourth-order valence-electron chi connectivity index (χ4n) is 0.0974. The first-order chi connectivity index (χ1) is 7.70. The van der Waals surface area contributed by atoms with Crippen LogP contribution < -0.4 is 0 Å². The lowest BCUT2D eigenvalue weighted by atomic mass is 10.4. The molecule has 0 saturated carbocycles. The first-order valence-electron chi connectivity index (χ1n) is 6.61. The molecule has 0 bridgehead atoms. The zero-order valence-corrected chi connectivity index (χ0v) is 3.82. The minimum absolute atomic E-state index is 1.38. The number of ether oxygens (including phenoxy) is 1. The highest BCUT2D eigenvalue weighted by molar-refractivity contribution is 5.86. The van der Waals surface area contributed by atoms with Gasteiger partial charge in [0, 0.05) is 13.8 Å². The van der Waals surface area contributed by atoms with Gasteiger partial charge in [0.05, 0.1) is 12.0 Å². The summed E-state index contributed by atoms with van der Waals surface area (Å²) in [6.45, 7) is -11.3. The Morgan fingerprint density at radius 2 is 3.12 bits per heavy atom. The third-order valence-corrected chi connectivity index (χ3v) is 0.348. The molecular weight excluding hydrogens is 104 g/mol. The summed E-state index contributed by atoms with van der Waals surface area (Å²) in [5.74, 6) is -1.86. The average Bonchev–Trinajstić information content (AvgIpc) is 1.94. The van der Waals surface area contributed by atoms with Crippen molar-refractivity contribution in [3.8, 4) is 0 Å². The van der Waals surface area contributed by atoms with Crippen LogP contribution in [-0.4, -0.2) is 12.5 Å². The normalized spacial score (nSPS) is 31.0. The number of hydrogen-bond acceptors (Lipinski definition) is 2. The summed E-state index contributed by atoms with van der Waals surface area (Å²) in [5.41, 5.74) is -1.38. The van der Waals surface area contributed by atoms with Crippen molar-refractivity contribution >= 4 is 5.97 Å². The highest BCUT2D eigenvalue weighted by Gasteiger charge is 1.98. The van der Waals surface area contributed by atoms with Crippen LogP contribution in [0.15, 0.2) is 12.1 Å². The Morgan fingerprint density at radius 1 is 2.25 bits per heavy atom. The monoisotopic (exact) mass is 124 g/mol. The van der Waals surface area contributed by atoms with E-state index in [2.05, 4.69) is 4.74 Å². The van der Waals surface area contributed by atoms with E-state index >= 15 is 0 Å². The van der Waals surface area contributed by atoms with E-state index in [4.69, 9.17) is 13.7 Å². The minimum atomic E-state index is -3.41. The molecule has 0 saturated heterocycles. The van der Waals surface area contributed by atoms with Gasteiger partial charge in [-0.15, -0.1) is 0 Å². The van der Waals surface area contributed by atoms with Crippen molar-refractivity contribution < 1.29 is 23.2 Å². The van der Waals surface area contributed by atoms with Gasteiger partial charge in [0.15, 0.2) is 0 Å². The molecular formula is C6H10O2. The van der Waals surface area contributed by atoms with Crippen LogP contribution in [0.5, 0.6) is 0 Å². The Balaban J connectivity index is 5.28. The molecule has 46 valence electrons. The van der Waals surface area contributed by atoms with Crippen molar-refractivity contribution in [1.29, 1.82) is 0 Å². The molecule has 0 amide bonds. The molecule has 8 heavy (non-hydrogen) atoms. The Morgan fingerprint density at radius 3 is 3.62 bits per heavy atom. The molecule has 0 rings (SSSR count). The van der Waals surface area contributed by atoms with Crippen LogP contribution in [0.3, 0.4) is 0 Å². The smallest absolute Gasteiger partial charge is 0.333 e. The van der Waals surface area contributed by atoms with Crippen LogP contribution in [0.4, 0.5) is 0 Å². The summed E-state index contributed by atoms with van der Waals surface area (Å²) < 4.78 is 72.4. The number of carbonyl (C=O) groups excluding carboxylic acids is 1. The lowest BCUT2D eigenvalue weighted by Gasteiger charge is -1.96. The predicted octanol–water partition coefficient (Wildman–Crippen LogP) is 1.13. The van der Waals surface area contributed by atoms with Gasteiger partial charge >= 0.3 is 5.97 Å². The second-order valence-corrected chi connectivity index (χ2v) is 0.867. The summed E-state index contributed by atoms with van der Waals surface area (Å²) in [5, 5.41) is 0. The van der Waals surface area contributed by atoms with Gasteiger partial charge in [-0.1, -0.05) is 6.53 Å². The van der Waals surface area contributed by atoms with Crippen LogP contribution >= 0.6 is 0 Å². The quantitative estimate of drug-likeness (QED) is 0.407. The van der Waals surface area contributed by atoms with Crippen molar-refractivity contribution in [2.24, 2.45) is 0 Å². The van der Waals surface area contributed by atoms with Gasteiger partial charge in [-0.05, 0) is 13.7 Å². The van der Waals surface area contributed by atoms with Gasteiger partial charge in [0.1, 0.15) is 0 Å². The predicted molar refractivity (Wildman–Crippen MR) is 31.4 cm³/mol. The third kappa shape index (κ3) is 2.39. The SMILES string of the molecule is [2H]C([2H])=C(C(=O)OC([2H])([2H])C([2H])([2H])[2H])C([2H])([2H])[2H]. The van der Waals surface area contributed by atoms with E-state index in [1.54, 1.807) is 0 Å². The summed E-state index contributed by atoms with van der Waals surface area (Å²) >= 11 is 0. The molecule has 0 N–H and O–H groups in total. The fourth-order valence-corrected chi connectivity index (χ4v) is 0.0974. The van der Waals surface area contributed by atoms with Crippen molar-refractivity contribution in [3.63, 3.8) is 0 Å². The summed E-state index contributed by atoms with van der Waals surface area (Å²) in [6, 6.07) is 0. The largest absolute Gasteiger partial charge is 0.463 e. The van der Waals surface area contributed by atoms with Gasteiger partial charge in [0.2, 0.25) is 0 Å². The van der Waals surface area contributed by atoms with Crippen LogP contribution in [-0.2, 0) is 9.53 Å². The number of carbonyl (C=O) groups is 1. The van der Waals surface area contributed by atoms with Gasteiger partial charge in [0.25, 0.3) is 0 Å². The topological polar surface area (TPSA) is 26.3 Å². The summed E-state index contributed by atoms with van der Waals surface area (Å²) in [6.07, 6.45) is 0. The standard InChI is InChI=1S/C6H10O2/c1-4-8-6(7)5(2)3/h2,4H2,1,3H3/i1D3,2D2,3D3,4D2. The summed E-state index contributed by atoms with van der Waals surface area (Å²) in [4.78, 5) is 11.3. The summed E-state index contributed by atoms with van der Waals surface area (Å²) in [7, 11) is 0. The molecule has 2 heteroatoms. The van der Waals surface area contributed by atoms with E-state index in [1.165, 1.54) is 0 Å². The Labute approximate surface area is 63.2 Å². The zero-order valence-electron chi connectivity index (χ0n) is 13.8. The molecule has 0 fully saturated rings. The van der Waals surface area contributed by atoms with E-state index in [0.717, 1.165) is 0 Å². The first kappa shape index (κ1) is 1.06. The number of hydrogen-bond donors (Lipinski definition) is 0. The highest BCUT2D eigenvalue weighted by atomic mass is 16.5. The van der Waals surface area contributed by atoms with Crippen molar-refractivity contribution in [2.45, 2.75) is 13.7 Å². The van der Waals surface area contributed by atoms with Crippen LogP contribution in [0.1, 0.15) is 27.4 Å². The van der Waals surface area contributed by atoms with Crippen LogP contribution in [0.2, 0.25) is 0 Å². The molecule has 0 spiro atoms. The van der Waals surface area contributed by atoms with Crippen LogP contribution in [0, 0.1) is 0 Å². The number of rotatable bonds is 2. The Hall–Kier alpha value is -0.790. The van der Waals surface area contributed by atoms with E-state index in [-0.39, 0.29) is 0 Å². The molecule has 0 heterocycles. The molecule has 0 atom stereocenters. The van der Waals surface area contributed by atoms with E-state index < -0.39 is 38.3 Å². The average molecular weight is 124 g/mol. The van der Waals surface area contributed by atoms with E-state index in [0.29, 0.717) is 0 Å². The molecule has 0 aromatic rings. The molecule has 0 aromatic carbocycles. The highest BCUT2D eigenvalue weighted by Crippen LogP contribution is 1.89. The van der Waals surface area contributed by atoms with E-state index in [9.17, 15) is 4.79 Å². The van der Waals surface area contributed by atoms with E-state index in [1.807, 2.05) is 0 Å². The maximum atomic E-state index is 11.3. The molecule has 0 aliphatic rings. The van der Waals surface area contributed by atoms with Crippen molar-refractivity contribution in [1.82, 2.24) is 0 Å². The lowest BCUT2D eigenvalue weighted by Crippen LogP contribution is -2.03. The third-order valence-electron chi connectivity index (χ3n) is 0.348. The van der Waals surface area contributed by atoms with Crippen LogP contribution in [0.25, 0.3) is 0 Å². The molecule has 0 aliphatic heterocycles. The zero-order chi connectivity index (χ0) is 14.9. The Bertz CT molecular complexity index is 358. The maximum absolute atomic E-state index is 11.3. The van der Waals surface area contributed by atoms with Crippen molar-refractivity contribution in [3.05, 3.63) is 12.1 Å². The molecule has 0 unspecified atom stereocenters. The lowest BCUT2D eigenvalue weighted by molar-refractivity contribution is -0.138. The van der Waals surface area contributed by atoms with Gasteiger partial charge in [-0.3, -0.25) is 0 Å². The molecule has 0 aliphatic carbocycles. The first-order valence-corrected chi connectivity index (χ1v) is 1.61. The Kier molecular flexibility index (Phi) is 0.429. The molecule has 0 radical (unpaired) electrons. The maximum Gasteiger partial charge on any atom is 0.333 e. The number of esters is 1. The molecule has 0 aromatic heterocycles. The van der Waals surface area contributed by atoms with Crippen molar-refractivity contribution in [2.75, 3.05) is 6.56 Å². The van der Waals surface area contributed by atoms with Gasteiger partial charge in [-0.2, -0.15) is 0 Å². The fraction of sp³-hybridized carbons (Fsp3) is 0.500. The van der Waals surface area contributed by atoms with Gasteiger partial charge < -0.3 is 4.74 Å². The minimum Gasteiger partial charge on any atom is -0.463 e. The molecule has 2 nitrogen and oxygen atoms in total.